The molecule has 29 heavy (non-hydrogen) atoms. The Morgan fingerprint density at radius 3 is 2.14 bits per heavy atom. The van der Waals surface area contributed by atoms with Crippen molar-refractivity contribution < 1.29 is 23.8 Å². The van der Waals surface area contributed by atoms with Crippen molar-refractivity contribution in [2.45, 2.75) is 34.6 Å². The van der Waals surface area contributed by atoms with E-state index in [4.69, 9.17) is 14.2 Å². The molecule has 152 valence electrons. The van der Waals surface area contributed by atoms with E-state index in [9.17, 15) is 9.59 Å². The Morgan fingerprint density at radius 2 is 1.55 bits per heavy atom. The van der Waals surface area contributed by atoms with Crippen molar-refractivity contribution >= 4 is 17.5 Å². The first-order chi connectivity index (χ1) is 13.9. The smallest absolute Gasteiger partial charge is 0.347 e. The predicted octanol–water partition coefficient (Wildman–Crippen LogP) is 4.47. The monoisotopic (exact) mass is 395 g/mol. The van der Waals surface area contributed by atoms with Crippen LogP contribution in [0.5, 0.6) is 11.8 Å². The summed E-state index contributed by atoms with van der Waals surface area (Å²) < 4.78 is 18.6. The topological polar surface area (TPSA) is 66.8 Å². The van der Waals surface area contributed by atoms with E-state index in [-0.39, 0.29) is 5.57 Å². The second-order valence-electron chi connectivity index (χ2n) is 6.79. The summed E-state index contributed by atoms with van der Waals surface area (Å²) in [5.74, 6) is -0.118. The van der Waals surface area contributed by atoms with E-state index in [0.717, 1.165) is 11.3 Å². The minimum Gasteiger partial charge on any atom is -0.479 e. The summed E-state index contributed by atoms with van der Waals surface area (Å²) in [5, 5.41) is 0. The lowest BCUT2D eigenvalue weighted by Crippen LogP contribution is -2.06. The Bertz CT molecular complexity index is 1010. The molecule has 1 aliphatic rings. The van der Waals surface area contributed by atoms with E-state index in [0.29, 0.717) is 41.7 Å². The van der Waals surface area contributed by atoms with Gasteiger partial charge >= 0.3 is 11.9 Å². The number of benzene rings is 1. The molecule has 3 rings (SSSR count). The molecule has 0 bridgehead atoms. The molecule has 2 heterocycles. The third-order valence-corrected chi connectivity index (χ3v) is 4.63. The third kappa shape index (κ3) is 3.70. The summed E-state index contributed by atoms with van der Waals surface area (Å²) >= 11 is 0. The van der Waals surface area contributed by atoms with E-state index >= 15 is 0 Å². The number of hydrogen-bond acceptors (Lipinski definition) is 5. The van der Waals surface area contributed by atoms with Crippen LogP contribution in [0.3, 0.4) is 0 Å². The van der Waals surface area contributed by atoms with Crippen LogP contribution in [0.2, 0.25) is 0 Å². The maximum atomic E-state index is 12.5. The number of hydrogen-bond donors (Lipinski definition) is 0. The molecule has 0 spiro atoms. The van der Waals surface area contributed by atoms with Crippen molar-refractivity contribution in [3.8, 4) is 17.4 Å². The van der Waals surface area contributed by atoms with Crippen molar-refractivity contribution in [3.63, 3.8) is 0 Å². The van der Waals surface area contributed by atoms with E-state index in [2.05, 4.69) is 0 Å². The minimum absolute atomic E-state index is 0.268. The number of carbonyl (C=O) groups is 2. The van der Waals surface area contributed by atoms with Crippen LogP contribution < -0.4 is 9.47 Å². The Labute approximate surface area is 170 Å². The lowest BCUT2D eigenvalue weighted by Gasteiger charge is -2.14. The average Bonchev–Trinajstić information content (AvgIpc) is 3.19. The van der Waals surface area contributed by atoms with Crippen molar-refractivity contribution in [1.82, 2.24) is 4.57 Å². The Morgan fingerprint density at radius 1 is 0.931 bits per heavy atom. The second kappa shape index (κ2) is 8.39. The number of para-hydroxylation sites is 1. The molecule has 0 aliphatic carbocycles. The van der Waals surface area contributed by atoms with Gasteiger partial charge in [0.05, 0.1) is 30.0 Å². The molecular weight excluding hydrogens is 370 g/mol. The molecule has 0 amide bonds. The summed E-state index contributed by atoms with van der Waals surface area (Å²) in [6.07, 6.45) is 0. The highest BCUT2D eigenvalue weighted by Gasteiger charge is 2.37. The maximum Gasteiger partial charge on any atom is 0.347 e. The van der Waals surface area contributed by atoms with Gasteiger partial charge in [0, 0.05) is 11.6 Å². The van der Waals surface area contributed by atoms with E-state index in [1.807, 2.05) is 54.8 Å². The van der Waals surface area contributed by atoms with Crippen LogP contribution in [0.25, 0.3) is 11.3 Å². The highest BCUT2D eigenvalue weighted by Crippen LogP contribution is 2.41. The van der Waals surface area contributed by atoms with Crippen molar-refractivity contribution in [2.75, 3.05) is 13.2 Å². The fraction of sp³-hybridized carbons (Fsp3) is 0.304. The van der Waals surface area contributed by atoms with Gasteiger partial charge in [0.15, 0.2) is 0 Å². The zero-order valence-corrected chi connectivity index (χ0v) is 17.4. The molecule has 0 radical (unpaired) electrons. The van der Waals surface area contributed by atoms with Gasteiger partial charge in [-0.2, -0.15) is 0 Å². The van der Waals surface area contributed by atoms with Gasteiger partial charge in [-0.3, -0.25) is 4.57 Å². The van der Waals surface area contributed by atoms with E-state index in [1.165, 1.54) is 0 Å². The average molecular weight is 395 g/mol. The standard InChI is InChI=1S/C23H25NO5/c1-6-27-18-13-17(15(5)20-19(14(3)4)22(25)29-23(20)26)21(28-7-2)24(18)16-11-9-8-10-12-16/h8-13H,6-7H2,1-5H3. The summed E-state index contributed by atoms with van der Waals surface area (Å²) in [4.78, 5) is 24.6. The fourth-order valence-electron chi connectivity index (χ4n) is 3.41. The quantitative estimate of drug-likeness (QED) is 0.410. The second-order valence-corrected chi connectivity index (χ2v) is 6.79. The van der Waals surface area contributed by atoms with Crippen molar-refractivity contribution in [1.29, 1.82) is 0 Å². The first-order valence-electron chi connectivity index (χ1n) is 9.63. The highest BCUT2D eigenvalue weighted by atomic mass is 16.6. The van der Waals surface area contributed by atoms with Crippen molar-refractivity contribution in [3.05, 3.63) is 58.7 Å². The normalized spacial score (nSPS) is 15.4. The van der Waals surface area contributed by atoms with Crippen LogP contribution in [0.1, 0.15) is 40.2 Å². The van der Waals surface area contributed by atoms with Crippen LogP contribution in [-0.2, 0) is 14.3 Å². The third-order valence-electron chi connectivity index (χ3n) is 4.63. The first kappa shape index (κ1) is 20.5. The number of rotatable bonds is 6. The summed E-state index contributed by atoms with van der Waals surface area (Å²) in [7, 11) is 0. The number of esters is 2. The van der Waals surface area contributed by atoms with Crippen LogP contribution in [0.15, 0.2) is 53.1 Å². The van der Waals surface area contributed by atoms with Gasteiger partial charge in [-0.1, -0.05) is 23.8 Å². The maximum absolute atomic E-state index is 12.5. The minimum atomic E-state index is -0.642. The van der Waals surface area contributed by atoms with Crippen molar-refractivity contribution in [2.24, 2.45) is 0 Å². The van der Waals surface area contributed by atoms with Gasteiger partial charge < -0.3 is 14.2 Å². The van der Waals surface area contributed by atoms with E-state index < -0.39 is 11.9 Å². The molecule has 0 saturated carbocycles. The van der Waals surface area contributed by atoms with Gasteiger partial charge in [-0.05, 0) is 52.3 Å². The molecule has 6 nitrogen and oxygen atoms in total. The molecule has 1 aromatic heterocycles. The molecular formula is C23H25NO5. The predicted molar refractivity (Wildman–Crippen MR) is 110 cm³/mol. The fourth-order valence-corrected chi connectivity index (χ4v) is 3.41. The van der Waals surface area contributed by atoms with Crippen LogP contribution in [-0.4, -0.2) is 29.7 Å². The number of allylic oxidation sites excluding steroid dienone is 2. The molecule has 0 atom stereocenters. The van der Waals surface area contributed by atoms with Gasteiger partial charge in [-0.15, -0.1) is 0 Å². The SMILES string of the molecule is CCOc1cc(C(C)=C2C(=O)OC(=O)C2=C(C)C)c(OCC)n1-c1ccccc1. The van der Waals surface area contributed by atoms with Crippen LogP contribution in [0, 0.1) is 0 Å². The molecule has 1 aromatic carbocycles. The van der Waals surface area contributed by atoms with Gasteiger partial charge in [0.1, 0.15) is 0 Å². The molecule has 2 aromatic rings. The summed E-state index contributed by atoms with van der Waals surface area (Å²) in [6.45, 7) is 10.1. The highest BCUT2D eigenvalue weighted by molar-refractivity contribution is 6.22. The molecule has 0 N–H and O–H groups in total. The lowest BCUT2D eigenvalue weighted by molar-refractivity contribution is -0.149. The lowest BCUT2D eigenvalue weighted by atomic mass is 9.96. The van der Waals surface area contributed by atoms with Crippen LogP contribution in [0.4, 0.5) is 0 Å². The number of cyclic esters (lactones) is 2. The Kier molecular flexibility index (Phi) is 5.92. The summed E-state index contributed by atoms with van der Waals surface area (Å²) in [5.41, 5.74) is 3.46. The number of carbonyl (C=O) groups excluding carboxylic acids is 2. The summed E-state index contributed by atoms with van der Waals surface area (Å²) in [6, 6.07) is 11.5. The zero-order chi connectivity index (χ0) is 21.1. The number of nitrogens with zero attached hydrogens (tertiary/aromatic N) is 1. The largest absolute Gasteiger partial charge is 0.479 e. The first-order valence-corrected chi connectivity index (χ1v) is 9.63. The molecule has 1 fully saturated rings. The zero-order valence-electron chi connectivity index (χ0n) is 17.4. The number of aromatic nitrogens is 1. The van der Waals surface area contributed by atoms with Gasteiger partial charge in [0.2, 0.25) is 11.8 Å². The van der Waals surface area contributed by atoms with Crippen LogP contribution >= 0.6 is 0 Å². The Balaban J connectivity index is 2.31. The molecule has 0 unspecified atom stereocenters. The molecule has 1 saturated heterocycles. The number of ether oxygens (including phenoxy) is 3. The van der Waals surface area contributed by atoms with Gasteiger partial charge in [0.25, 0.3) is 0 Å². The molecule has 1 aliphatic heterocycles. The van der Waals surface area contributed by atoms with Gasteiger partial charge in [-0.25, -0.2) is 9.59 Å². The Hall–Kier alpha value is -3.28. The van der Waals surface area contributed by atoms with E-state index in [1.54, 1.807) is 20.8 Å². The molecule has 6 heteroatoms.